The molecule has 0 spiro atoms. The zero-order valence-electron chi connectivity index (χ0n) is 9.35. The normalized spacial score (nSPS) is 11.4. The molecule has 0 aliphatic carbocycles. The molecular formula is C11H12F3N2O. The largest absolute Gasteiger partial charge is 0.417 e. The smallest absolute Gasteiger partial charge is 0.336 e. The Morgan fingerprint density at radius 2 is 2.06 bits per heavy atom. The van der Waals surface area contributed by atoms with E-state index < -0.39 is 17.8 Å². The van der Waals surface area contributed by atoms with Crippen LogP contribution in [0.3, 0.4) is 0 Å². The average Bonchev–Trinajstić information content (AvgIpc) is 2.15. The fourth-order valence-corrected chi connectivity index (χ4v) is 1.14. The first kappa shape index (κ1) is 13.3. The minimum absolute atomic E-state index is 0.0780. The van der Waals surface area contributed by atoms with Crippen molar-refractivity contribution in [3.63, 3.8) is 0 Å². The van der Waals surface area contributed by atoms with E-state index in [4.69, 9.17) is 0 Å². The van der Waals surface area contributed by atoms with Crippen LogP contribution in [0.2, 0.25) is 0 Å². The Balaban J connectivity index is 2.76. The summed E-state index contributed by atoms with van der Waals surface area (Å²) < 4.78 is 37.1. The molecule has 0 saturated heterocycles. The van der Waals surface area contributed by atoms with Gasteiger partial charge >= 0.3 is 12.2 Å². The fourth-order valence-electron chi connectivity index (χ4n) is 1.14. The summed E-state index contributed by atoms with van der Waals surface area (Å²) in [6, 6.07) is 4.73. The highest BCUT2D eigenvalue weighted by atomic mass is 19.4. The minimum atomic E-state index is -4.47. The van der Waals surface area contributed by atoms with Gasteiger partial charge in [-0.2, -0.15) is 13.2 Å². The zero-order valence-corrected chi connectivity index (χ0v) is 9.35. The standard InChI is InChI=1S/C11H12F3N2O/c1-7(2)15-10(17)16-9-5-3-4-8(6-9)11(12,13)14/h3,5-7H,1-2H3,(H2,15,16,17). The van der Waals surface area contributed by atoms with Crippen LogP contribution in [0, 0.1) is 6.07 Å². The van der Waals surface area contributed by atoms with Crippen LogP contribution in [0.25, 0.3) is 0 Å². The van der Waals surface area contributed by atoms with Crippen LogP contribution in [0.4, 0.5) is 23.7 Å². The quantitative estimate of drug-likeness (QED) is 0.826. The summed E-state index contributed by atoms with van der Waals surface area (Å²) in [6.07, 6.45) is -4.47. The van der Waals surface area contributed by atoms with E-state index in [0.29, 0.717) is 0 Å². The van der Waals surface area contributed by atoms with Crippen molar-refractivity contribution in [1.29, 1.82) is 0 Å². The van der Waals surface area contributed by atoms with E-state index in [1.807, 2.05) is 0 Å². The predicted molar refractivity (Wildman–Crippen MR) is 57.6 cm³/mol. The first-order valence-corrected chi connectivity index (χ1v) is 4.95. The lowest BCUT2D eigenvalue weighted by Gasteiger charge is -2.11. The van der Waals surface area contributed by atoms with Crippen molar-refractivity contribution in [2.75, 3.05) is 5.32 Å². The molecule has 0 heterocycles. The summed E-state index contributed by atoms with van der Waals surface area (Å²) >= 11 is 0. The van der Waals surface area contributed by atoms with Gasteiger partial charge in [0.2, 0.25) is 0 Å². The summed E-state index contributed by atoms with van der Waals surface area (Å²) in [7, 11) is 0. The van der Waals surface area contributed by atoms with Gasteiger partial charge in [0.25, 0.3) is 0 Å². The van der Waals surface area contributed by atoms with Gasteiger partial charge in [0, 0.05) is 11.7 Å². The molecule has 17 heavy (non-hydrogen) atoms. The molecule has 0 unspecified atom stereocenters. The maximum Gasteiger partial charge on any atom is 0.417 e. The second kappa shape index (κ2) is 5.07. The molecule has 1 radical (unpaired) electrons. The van der Waals surface area contributed by atoms with Crippen LogP contribution < -0.4 is 10.6 Å². The third-order valence-electron chi connectivity index (χ3n) is 1.78. The molecule has 3 nitrogen and oxygen atoms in total. The number of hydrogen-bond donors (Lipinski definition) is 2. The monoisotopic (exact) mass is 245 g/mol. The number of nitrogens with one attached hydrogen (secondary N) is 2. The lowest BCUT2D eigenvalue weighted by Crippen LogP contribution is -2.34. The molecule has 2 amide bonds. The average molecular weight is 245 g/mol. The van der Waals surface area contributed by atoms with Crippen LogP contribution in [0.15, 0.2) is 18.2 Å². The molecule has 0 bridgehead atoms. The summed E-state index contributed by atoms with van der Waals surface area (Å²) in [5.74, 6) is 0. The van der Waals surface area contributed by atoms with Crippen molar-refractivity contribution >= 4 is 11.7 Å². The highest BCUT2D eigenvalue weighted by molar-refractivity contribution is 5.89. The predicted octanol–water partition coefficient (Wildman–Crippen LogP) is 3.04. The van der Waals surface area contributed by atoms with E-state index in [1.54, 1.807) is 13.8 Å². The molecule has 0 aromatic heterocycles. The van der Waals surface area contributed by atoms with Gasteiger partial charge < -0.3 is 10.6 Å². The van der Waals surface area contributed by atoms with E-state index in [-0.39, 0.29) is 11.7 Å². The summed E-state index contributed by atoms with van der Waals surface area (Å²) in [6.45, 7) is 3.50. The number of hydrogen-bond acceptors (Lipinski definition) is 1. The number of carbonyl (C=O) groups excluding carboxylic acids is 1. The molecule has 0 fully saturated rings. The number of halogens is 3. The van der Waals surface area contributed by atoms with Crippen LogP contribution in [0.5, 0.6) is 0 Å². The highest BCUT2D eigenvalue weighted by Gasteiger charge is 2.30. The number of carbonyl (C=O) groups is 1. The van der Waals surface area contributed by atoms with Crippen molar-refractivity contribution < 1.29 is 18.0 Å². The Morgan fingerprint density at radius 3 is 2.59 bits per heavy atom. The summed E-state index contributed by atoms with van der Waals surface area (Å²) in [5, 5.41) is 4.82. The Bertz CT molecular complexity index is 402. The second-order valence-electron chi connectivity index (χ2n) is 3.74. The van der Waals surface area contributed by atoms with Crippen molar-refractivity contribution in [1.82, 2.24) is 5.32 Å². The second-order valence-corrected chi connectivity index (χ2v) is 3.74. The van der Waals surface area contributed by atoms with Crippen LogP contribution in [0.1, 0.15) is 19.4 Å². The van der Waals surface area contributed by atoms with Gasteiger partial charge in [-0.1, -0.05) is 6.07 Å². The third-order valence-corrected chi connectivity index (χ3v) is 1.78. The Labute approximate surface area is 97.0 Å². The van der Waals surface area contributed by atoms with Gasteiger partial charge in [-0.15, -0.1) is 0 Å². The minimum Gasteiger partial charge on any atom is -0.336 e. The van der Waals surface area contributed by atoms with Crippen molar-refractivity contribution in [3.8, 4) is 0 Å². The summed E-state index contributed by atoms with van der Waals surface area (Å²) in [4.78, 5) is 11.3. The van der Waals surface area contributed by atoms with E-state index in [0.717, 1.165) is 12.1 Å². The van der Waals surface area contributed by atoms with Gasteiger partial charge in [-0.25, -0.2) is 4.79 Å². The van der Waals surface area contributed by atoms with E-state index in [2.05, 4.69) is 16.7 Å². The van der Waals surface area contributed by atoms with E-state index in [1.165, 1.54) is 6.07 Å². The van der Waals surface area contributed by atoms with E-state index >= 15 is 0 Å². The third kappa shape index (κ3) is 4.34. The topological polar surface area (TPSA) is 41.1 Å². The number of amides is 2. The maximum absolute atomic E-state index is 12.4. The van der Waals surface area contributed by atoms with Crippen molar-refractivity contribution in [2.45, 2.75) is 26.1 Å². The molecule has 2 N–H and O–H groups in total. The molecule has 0 aliphatic rings. The van der Waals surface area contributed by atoms with Crippen molar-refractivity contribution in [2.24, 2.45) is 0 Å². The maximum atomic E-state index is 12.4. The number of alkyl halides is 3. The fraction of sp³-hybridized carbons (Fsp3) is 0.364. The number of benzene rings is 1. The molecule has 0 atom stereocenters. The molecule has 93 valence electrons. The highest BCUT2D eigenvalue weighted by Crippen LogP contribution is 2.30. The molecule has 1 aromatic carbocycles. The van der Waals surface area contributed by atoms with Gasteiger partial charge in [0.05, 0.1) is 5.56 Å². The molecule has 6 heteroatoms. The number of rotatable bonds is 2. The van der Waals surface area contributed by atoms with Gasteiger partial charge in [0.15, 0.2) is 0 Å². The Hall–Kier alpha value is -1.72. The number of anilines is 1. The summed E-state index contributed by atoms with van der Waals surface area (Å²) in [5.41, 5.74) is -0.839. The zero-order chi connectivity index (χ0) is 13.1. The van der Waals surface area contributed by atoms with Crippen molar-refractivity contribution in [3.05, 3.63) is 29.8 Å². The van der Waals surface area contributed by atoms with Crippen LogP contribution in [-0.2, 0) is 6.18 Å². The van der Waals surface area contributed by atoms with E-state index in [9.17, 15) is 18.0 Å². The number of urea groups is 1. The molecule has 0 aliphatic heterocycles. The first-order valence-electron chi connectivity index (χ1n) is 4.95. The lowest BCUT2D eigenvalue weighted by molar-refractivity contribution is -0.137. The van der Waals surface area contributed by atoms with Crippen LogP contribution in [-0.4, -0.2) is 12.1 Å². The van der Waals surface area contributed by atoms with Gasteiger partial charge in [0.1, 0.15) is 0 Å². The first-order chi connectivity index (χ1) is 7.79. The molecule has 1 rings (SSSR count). The molecule has 1 aromatic rings. The Morgan fingerprint density at radius 1 is 1.41 bits per heavy atom. The lowest BCUT2D eigenvalue weighted by atomic mass is 10.2. The molecule has 0 saturated carbocycles. The molecular weight excluding hydrogens is 233 g/mol. The van der Waals surface area contributed by atoms with Gasteiger partial charge in [-0.3, -0.25) is 0 Å². The SMILES string of the molecule is CC(C)NC(=O)Nc1cc[c]c(C(F)(F)F)c1. The van der Waals surface area contributed by atoms with Gasteiger partial charge in [-0.05, 0) is 32.0 Å². The van der Waals surface area contributed by atoms with Crippen LogP contribution >= 0.6 is 0 Å². The Kier molecular flexibility index (Phi) is 3.98.